The maximum Gasteiger partial charge on any atom is 0.0735 e. The first-order valence-corrected chi connectivity index (χ1v) is 13.7. The van der Waals surface area contributed by atoms with Crippen LogP contribution in [0.1, 0.15) is 65.5 Å². The smallest absolute Gasteiger partial charge is 0.0735 e. The fourth-order valence-electron chi connectivity index (χ4n) is 5.19. The van der Waals surface area contributed by atoms with Gasteiger partial charge in [-0.2, -0.15) is 0 Å². The quantitative estimate of drug-likeness (QED) is 0.509. The molecule has 0 amide bonds. The summed E-state index contributed by atoms with van der Waals surface area (Å²) in [4.78, 5) is 0. The number of hydrogen-bond donors (Lipinski definition) is 4. The van der Waals surface area contributed by atoms with Crippen molar-refractivity contribution in [3.63, 3.8) is 0 Å². The minimum atomic E-state index is -0.208. The van der Waals surface area contributed by atoms with Crippen LogP contribution in [0.5, 0.6) is 0 Å². The maximum absolute atomic E-state index is 3.79. The zero-order valence-electron chi connectivity index (χ0n) is 19.9. The van der Waals surface area contributed by atoms with Crippen molar-refractivity contribution in [2.24, 2.45) is 0 Å². The molecule has 2 aliphatic heterocycles. The average Bonchev–Trinajstić information content (AvgIpc) is 2.71. The van der Waals surface area contributed by atoms with Crippen LogP contribution in [0.2, 0.25) is 0 Å². The molecule has 4 nitrogen and oxygen atoms in total. The van der Waals surface area contributed by atoms with E-state index < -0.39 is 0 Å². The van der Waals surface area contributed by atoms with Gasteiger partial charge in [0.05, 0.1) is 17.5 Å². The van der Waals surface area contributed by atoms with E-state index in [4.69, 9.17) is 0 Å². The van der Waals surface area contributed by atoms with Crippen molar-refractivity contribution in [1.82, 2.24) is 21.3 Å². The summed E-state index contributed by atoms with van der Waals surface area (Å²) in [5, 5.41) is 15.6. The Balaban J connectivity index is 2.04. The summed E-state index contributed by atoms with van der Waals surface area (Å²) >= 11 is 0. The highest BCUT2D eigenvalue weighted by Crippen LogP contribution is 2.62. The minimum absolute atomic E-state index is 0.159. The van der Waals surface area contributed by atoms with Crippen LogP contribution in [-0.4, -0.2) is 48.8 Å². The first-order chi connectivity index (χ1) is 14.0. The highest BCUT2D eigenvalue weighted by molar-refractivity contribution is 7.60. The van der Waals surface area contributed by atoms with E-state index in [0.29, 0.717) is 10.3 Å². The van der Waals surface area contributed by atoms with Crippen LogP contribution in [0.15, 0.2) is 24.3 Å². The molecule has 6 heteroatoms. The second-order valence-corrected chi connectivity index (χ2v) is 15.7. The summed E-state index contributed by atoms with van der Waals surface area (Å²) in [5.74, 6) is 0. The van der Waals surface area contributed by atoms with Gasteiger partial charge in [0.2, 0.25) is 0 Å². The molecule has 3 rings (SSSR count). The summed E-state index contributed by atoms with van der Waals surface area (Å²) in [7, 11) is 3.07. The standard InChI is InChI=1S/C24H44N4P2/c1-22(2,3)30(23(4,5)6)17-18-11-7-8-12-19(18)24(29,20-25-13-9-14-26-20)21-27-15-10-16-28-21/h7-8,11-12,20-21,25-28H,9-10,13-17,29H2,1-6H3. The number of nitrogens with one attached hydrogen (secondary N) is 4. The molecule has 2 saturated heterocycles. The number of hydrogen-bond acceptors (Lipinski definition) is 4. The maximum atomic E-state index is 3.79. The van der Waals surface area contributed by atoms with Gasteiger partial charge >= 0.3 is 0 Å². The van der Waals surface area contributed by atoms with Crippen LogP contribution in [0.4, 0.5) is 0 Å². The summed E-state index contributed by atoms with van der Waals surface area (Å²) in [5.41, 5.74) is 2.96. The Hall–Kier alpha value is -0.0800. The lowest BCUT2D eigenvalue weighted by atomic mass is 9.86. The summed E-state index contributed by atoms with van der Waals surface area (Å²) in [6.07, 6.45) is 3.97. The topological polar surface area (TPSA) is 48.1 Å². The van der Waals surface area contributed by atoms with E-state index in [9.17, 15) is 0 Å². The second kappa shape index (κ2) is 9.82. The highest BCUT2D eigenvalue weighted by atomic mass is 31.1. The molecular formula is C24H44N4P2. The van der Waals surface area contributed by atoms with E-state index in [1.54, 1.807) is 0 Å². The zero-order valence-corrected chi connectivity index (χ0v) is 22.0. The van der Waals surface area contributed by atoms with Crippen molar-refractivity contribution in [3.05, 3.63) is 35.4 Å². The van der Waals surface area contributed by atoms with Crippen LogP contribution >= 0.6 is 17.2 Å². The normalized spacial score (nSPS) is 20.7. The van der Waals surface area contributed by atoms with Crippen LogP contribution in [0.25, 0.3) is 0 Å². The van der Waals surface area contributed by atoms with E-state index in [2.05, 4.69) is 96.3 Å². The molecule has 1 aromatic carbocycles. The van der Waals surface area contributed by atoms with Gasteiger partial charge < -0.3 is 21.3 Å². The molecule has 0 saturated carbocycles. The average molecular weight is 451 g/mol. The molecule has 170 valence electrons. The van der Waals surface area contributed by atoms with Crippen molar-refractivity contribution in [3.8, 4) is 0 Å². The van der Waals surface area contributed by atoms with Crippen LogP contribution in [-0.2, 0) is 11.3 Å². The summed E-state index contributed by atoms with van der Waals surface area (Å²) in [6, 6.07) is 9.20. The molecule has 1 atom stereocenters. The molecule has 0 spiro atoms. The molecule has 4 N–H and O–H groups in total. The molecular weight excluding hydrogens is 406 g/mol. The molecule has 0 bridgehead atoms. The zero-order chi connectivity index (χ0) is 22.0. The summed E-state index contributed by atoms with van der Waals surface area (Å²) in [6.45, 7) is 18.8. The van der Waals surface area contributed by atoms with E-state index in [0.717, 1.165) is 32.3 Å². The Morgan fingerprint density at radius 3 is 1.67 bits per heavy atom. The highest BCUT2D eigenvalue weighted by Gasteiger charge is 2.46. The van der Waals surface area contributed by atoms with Crippen molar-refractivity contribution < 1.29 is 0 Å². The fraction of sp³-hybridized carbons (Fsp3) is 0.750. The van der Waals surface area contributed by atoms with Crippen molar-refractivity contribution >= 4 is 17.2 Å². The Morgan fingerprint density at radius 1 is 0.800 bits per heavy atom. The van der Waals surface area contributed by atoms with Gasteiger partial charge in [0, 0.05) is 0 Å². The Bertz CT molecular complexity index is 651. The lowest BCUT2D eigenvalue weighted by molar-refractivity contribution is 0.205. The third-order valence-corrected chi connectivity index (χ3v) is 11.4. The molecule has 30 heavy (non-hydrogen) atoms. The van der Waals surface area contributed by atoms with Crippen molar-refractivity contribution in [1.29, 1.82) is 0 Å². The predicted octanol–water partition coefficient (Wildman–Crippen LogP) is 4.15. The number of benzene rings is 1. The molecule has 2 aliphatic rings. The van der Waals surface area contributed by atoms with E-state index >= 15 is 0 Å². The Kier molecular flexibility index (Phi) is 8.04. The molecule has 2 heterocycles. The third-order valence-electron chi connectivity index (χ3n) is 6.49. The van der Waals surface area contributed by atoms with Gasteiger partial charge in [-0.15, -0.1) is 9.24 Å². The van der Waals surface area contributed by atoms with E-state index in [1.807, 2.05) is 0 Å². The Morgan fingerprint density at radius 2 is 1.23 bits per heavy atom. The predicted molar refractivity (Wildman–Crippen MR) is 137 cm³/mol. The van der Waals surface area contributed by atoms with Gasteiger partial charge in [-0.1, -0.05) is 73.7 Å². The third kappa shape index (κ3) is 5.45. The first kappa shape index (κ1) is 24.6. The molecule has 2 fully saturated rings. The SMILES string of the molecule is CC(C)(C)P(Cc1ccccc1C(P)(C1NCCCN1)C1NCCCN1)C(C)(C)C. The summed E-state index contributed by atoms with van der Waals surface area (Å²) < 4.78 is 0. The van der Waals surface area contributed by atoms with Crippen LogP contribution < -0.4 is 21.3 Å². The van der Waals surface area contributed by atoms with Crippen LogP contribution in [0.3, 0.4) is 0 Å². The van der Waals surface area contributed by atoms with Gasteiger partial charge in [-0.3, -0.25) is 0 Å². The largest absolute Gasteiger partial charge is 0.301 e. The lowest BCUT2D eigenvalue weighted by Crippen LogP contribution is -2.69. The molecule has 1 aromatic rings. The van der Waals surface area contributed by atoms with Gasteiger partial charge in [0.25, 0.3) is 0 Å². The van der Waals surface area contributed by atoms with Gasteiger partial charge in [-0.25, -0.2) is 0 Å². The molecule has 1 unspecified atom stereocenters. The van der Waals surface area contributed by atoms with Gasteiger partial charge in [0.15, 0.2) is 0 Å². The monoisotopic (exact) mass is 450 g/mol. The lowest BCUT2D eigenvalue weighted by Gasteiger charge is -2.49. The van der Waals surface area contributed by atoms with E-state index in [1.165, 1.54) is 24.0 Å². The fourth-order valence-corrected chi connectivity index (χ4v) is 9.52. The molecule has 0 radical (unpaired) electrons. The van der Waals surface area contributed by atoms with Gasteiger partial charge in [-0.05, 0) is 66.6 Å². The van der Waals surface area contributed by atoms with Crippen LogP contribution in [0, 0.1) is 0 Å². The van der Waals surface area contributed by atoms with Crippen molar-refractivity contribution in [2.75, 3.05) is 26.2 Å². The number of rotatable bonds is 5. The first-order valence-electron chi connectivity index (χ1n) is 11.6. The molecule has 0 aliphatic carbocycles. The second-order valence-electron chi connectivity index (χ2n) is 10.9. The molecule has 0 aromatic heterocycles. The van der Waals surface area contributed by atoms with Crippen molar-refractivity contribution in [2.45, 2.75) is 88.3 Å². The van der Waals surface area contributed by atoms with Gasteiger partial charge in [0.1, 0.15) is 0 Å². The minimum Gasteiger partial charge on any atom is -0.301 e. The van der Waals surface area contributed by atoms with E-state index in [-0.39, 0.29) is 25.4 Å². The Labute approximate surface area is 188 Å².